The normalized spacial score (nSPS) is 15.0. The van der Waals surface area contributed by atoms with Crippen LogP contribution in [0.15, 0.2) is 29.6 Å². The van der Waals surface area contributed by atoms with Gasteiger partial charge in [-0.2, -0.15) is 0 Å². The SMILES string of the molecule is Cc1ccsc1-c1ccc(F)cc1CNC1CC1. The van der Waals surface area contributed by atoms with Gasteiger partial charge < -0.3 is 5.32 Å². The molecule has 0 bridgehead atoms. The van der Waals surface area contributed by atoms with Gasteiger partial charge in [-0.1, -0.05) is 6.07 Å². The Bertz CT molecular complexity index is 557. The lowest BCUT2D eigenvalue weighted by atomic mass is 10.0. The van der Waals surface area contributed by atoms with Crippen LogP contribution < -0.4 is 5.32 Å². The summed E-state index contributed by atoms with van der Waals surface area (Å²) < 4.78 is 13.4. The molecule has 1 nitrogen and oxygen atoms in total. The maximum absolute atomic E-state index is 13.4. The number of rotatable bonds is 4. The molecule has 3 heteroatoms. The summed E-state index contributed by atoms with van der Waals surface area (Å²) in [4.78, 5) is 1.25. The Morgan fingerprint density at radius 3 is 2.83 bits per heavy atom. The van der Waals surface area contributed by atoms with E-state index in [1.165, 1.54) is 23.3 Å². The van der Waals surface area contributed by atoms with E-state index in [1.54, 1.807) is 23.5 Å². The summed E-state index contributed by atoms with van der Waals surface area (Å²) in [5.41, 5.74) is 3.49. The first-order valence-corrected chi connectivity index (χ1v) is 7.18. The first-order chi connectivity index (χ1) is 8.74. The van der Waals surface area contributed by atoms with Crippen molar-refractivity contribution in [3.8, 4) is 10.4 Å². The highest BCUT2D eigenvalue weighted by Crippen LogP contribution is 2.32. The Balaban J connectivity index is 1.94. The first kappa shape index (κ1) is 11.9. The summed E-state index contributed by atoms with van der Waals surface area (Å²) in [7, 11) is 0. The van der Waals surface area contributed by atoms with Gasteiger partial charge in [0.1, 0.15) is 5.82 Å². The van der Waals surface area contributed by atoms with Gasteiger partial charge >= 0.3 is 0 Å². The van der Waals surface area contributed by atoms with Crippen molar-refractivity contribution in [1.29, 1.82) is 0 Å². The Hall–Kier alpha value is -1.19. The lowest BCUT2D eigenvalue weighted by molar-refractivity contribution is 0.620. The van der Waals surface area contributed by atoms with E-state index < -0.39 is 0 Å². The van der Waals surface area contributed by atoms with Gasteiger partial charge in [0.2, 0.25) is 0 Å². The van der Waals surface area contributed by atoms with E-state index >= 15 is 0 Å². The molecule has 1 aromatic carbocycles. The van der Waals surface area contributed by atoms with Crippen molar-refractivity contribution in [2.24, 2.45) is 0 Å². The second-order valence-electron chi connectivity index (χ2n) is 4.89. The van der Waals surface area contributed by atoms with Gasteiger partial charge in [-0.25, -0.2) is 4.39 Å². The average Bonchev–Trinajstić information content (AvgIpc) is 3.09. The number of hydrogen-bond donors (Lipinski definition) is 1. The highest BCUT2D eigenvalue weighted by atomic mass is 32.1. The third-order valence-corrected chi connectivity index (χ3v) is 4.38. The Labute approximate surface area is 111 Å². The van der Waals surface area contributed by atoms with Crippen LogP contribution in [0.1, 0.15) is 24.0 Å². The van der Waals surface area contributed by atoms with Gasteiger partial charge in [-0.3, -0.25) is 0 Å². The molecule has 1 aliphatic carbocycles. The van der Waals surface area contributed by atoms with Crippen molar-refractivity contribution in [3.63, 3.8) is 0 Å². The van der Waals surface area contributed by atoms with Crippen molar-refractivity contribution in [3.05, 3.63) is 46.6 Å². The van der Waals surface area contributed by atoms with Gasteiger partial charge in [-0.05, 0) is 60.0 Å². The van der Waals surface area contributed by atoms with E-state index in [0.717, 1.165) is 17.7 Å². The molecule has 2 aromatic rings. The summed E-state index contributed by atoms with van der Waals surface area (Å²) in [5, 5.41) is 5.55. The van der Waals surface area contributed by atoms with Crippen LogP contribution in [0.4, 0.5) is 4.39 Å². The van der Waals surface area contributed by atoms with E-state index in [1.807, 2.05) is 6.07 Å². The fourth-order valence-electron chi connectivity index (χ4n) is 2.12. The lowest BCUT2D eigenvalue weighted by Crippen LogP contribution is -2.16. The second kappa shape index (κ2) is 4.82. The number of aryl methyl sites for hydroxylation is 1. The van der Waals surface area contributed by atoms with E-state index in [-0.39, 0.29) is 5.82 Å². The summed E-state index contributed by atoms with van der Waals surface area (Å²) >= 11 is 1.72. The third-order valence-electron chi connectivity index (χ3n) is 3.33. The molecule has 0 spiro atoms. The minimum Gasteiger partial charge on any atom is -0.310 e. The molecule has 18 heavy (non-hydrogen) atoms. The minimum absolute atomic E-state index is 0.152. The van der Waals surface area contributed by atoms with E-state index in [0.29, 0.717) is 6.04 Å². The van der Waals surface area contributed by atoms with Crippen LogP contribution in [0.2, 0.25) is 0 Å². The molecule has 0 atom stereocenters. The smallest absolute Gasteiger partial charge is 0.123 e. The first-order valence-electron chi connectivity index (χ1n) is 6.30. The predicted molar refractivity (Wildman–Crippen MR) is 74.3 cm³/mol. The van der Waals surface area contributed by atoms with Crippen molar-refractivity contribution in [2.75, 3.05) is 0 Å². The molecule has 0 saturated heterocycles. The van der Waals surface area contributed by atoms with Gasteiger partial charge in [0.05, 0.1) is 0 Å². The van der Waals surface area contributed by atoms with Crippen LogP contribution in [-0.2, 0) is 6.54 Å². The van der Waals surface area contributed by atoms with Gasteiger partial charge in [0.15, 0.2) is 0 Å². The Morgan fingerprint density at radius 2 is 2.17 bits per heavy atom. The van der Waals surface area contributed by atoms with Crippen molar-refractivity contribution in [2.45, 2.75) is 32.4 Å². The van der Waals surface area contributed by atoms with Crippen LogP contribution in [-0.4, -0.2) is 6.04 Å². The molecule has 0 aliphatic heterocycles. The Kier molecular flexibility index (Phi) is 3.18. The molecule has 1 aliphatic rings. The van der Waals surface area contributed by atoms with Crippen LogP contribution in [0.3, 0.4) is 0 Å². The molecule has 1 saturated carbocycles. The maximum atomic E-state index is 13.4. The quantitative estimate of drug-likeness (QED) is 0.873. The van der Waals surface area contributed by atoms with Gasteiger partial charge in [0.25, 0.3) is 0 Å². The van der Waals surface area contributed by atoms with E-state index in [4.69, 9.17) is 0 Å². The van der Waals surface area contributed by atoms with Gasteiger partial charge in [-0.15, -0.1) is 11.3 Å². The minimum atomic E-state index is -0.152. The van der Waals surface area contributed by atoms with Crippen LogP contribution in [0, 0.1) is 12.7 Å². The Morgan fingerprint density at radius 1 is 1.33 bits per heavy atom. The molecule has 0 unspecified atom stereocenters. The fourth-order valence-corrected chi connectivity index (χ4v) is 3.11. The number of halogens is 1. The lowest BCUT2D eigenvalue weighted by Gasteiger charge is -2.10. The summed E-state index contributed by atoms with van der Waals surface area (Å²) in [5.74, 6) is -0.152. The van der Waals surface area contributed by atoms with Crippen LogP contribution >= 0.6 is 11.3 Å². The predicted octanol–water partition coefficient (Wildman–Crippen LogP) is 4.11. The highest BCUT2D eigenvalue weighted by molar-refractivity contribution is 7.13. The molecular weight excluding hydrogens is 245 g/mol. The fraction of sp³-hybridized carbons (Fsp3) is 0.333. The van der Waals surface area contributed by atoms with Crippen LogP contribution in [0.5, 0.6) is 0 Å². The van der Waals surface area contributed by atoms with Crippen molar-refractivity contribution < 1.29 is 4.39 Å². The number of nitrogens with one attached hydrogen (secondary N) is 1. The standard InChI is InChI=1S/C15H16FNS/c1-10-6-7-18-15(10)14-5-2-12(16)8-11(14)9-17-13-3-4-13/h2,5-8,13,17H,3-4,9H2,1H3. The molecule has 0 amide bonds. The maximum Gasteiger partial charge on any atom is 0.123 e. The van der Waals surface area contributed by atoms with Crippen LogP contribution in [0.25, 0.3) is 10.4 Å². The second-order valence-corrected chi connectivity index (χ2v) is 5.81. The van der Waals surface area contributed by atoms with E-state index in [2.05, 4.69) is 23.7 Å². The molecule has 3 rings (SSSR count). The zero-order chi connectivity index (χ0) is 12.5. The summed E-state index contributed by atoms with van der Waals surface area (Å²) in [6, 6.07) is 7.86. The van der Waals surface area contributed by atoms with E-state index in [9.17, 15) is 4.39 Å². The number of benzene rings is 1. The zero-order valence-electron chi connectivity index (χ0n) is 10.4. The summed E-state index contributed by atoms with van der Waals surface area (Å²) in [6.45, 7) is 2.86. The number of hydrogen-bond acceptors (Lipinski definition) is 2. The monoisotopic (exact) mass is 261 g/mol. The van der Waals surface area contributed by atoms with Gasteiger partial charge in [0, 0.05) is 17.5 Å². The molecular formula is C15H16FNS. The molecule has 1 aromatic heterocycles. The summed E-state index contributed by atoms with van der Waals surface area (Å²) in [6.07, 6.45) is 2.51. The average molecular weight is 261 g/mol. The molecule has 1 fully saturated rings. The third kappa shape index (κ3) is 2.47. The number of thiophene rings is 1. The topological polar surface area (TPSA) is 12.0 Å². The van der Waals surface area contributed by atoms with Crippen molar-refractivity contribution >= 4 is 11.3 Å². The highest BCUT2D eigenvalue weighted by Gasteiger charge is 2.21. The molecule has 0 radical (unpaired) electrons. The molecule has 1 N–H and O–H groups in total. The molecule has 94 valence electrons. The molecule has 1 heterocycles. The van der Waals surface area contributed by atoms with Crippen molar-refractivity contribution in [1.82, 2.24) is 5.32 Å². The zero-order valence-corrected chi connectivity index (χ0v) is 11.2. The largest absolute Gasteiger partial charge is 0.310 e.